The standard InChI is InChI=1S/C28H38O5.2C19H24O3.C18H22O3/c1-28-13-12-20-19-9-8-18(32-26-6-2-4-14-30-26)16-22(19)24(29)17-21(20)23(28)10-11-25(28)33-27-7-3-5-15-31-27;2*1-10-17-13(7-8-19(2)15(17)5-6-16(19)21)12-4-3-11(20)9-14(12)18(10)22;1-18-7-6-12-11-3-2-10(19)8-14(11)16(20)9-13(12)15(18)4-5-17(18)21/h8-9,16,20-21,23,25-27H,2-7,10-15,17H2,1H3;2*3-4,9-10,13,15-17,20-21H,5-8H2,1-2H3;2-3,8,12-13,15,17,19,21H,4-7,9H2,1H3/t20?,21?,23?,25-,26?,27?,28?;2*10-,13?,15?,16-,17?,19?;12?,13?,15?,17-,18?/m0000/s1. The van der Waals surface area contributed by atoms with Gasteiger partial charge in [0.1, 0.15) is 23.0 Å². The Balaban J connectivity index is 0.000000109. The topological polar surface area (TPSA) is 227 Å². The second kappa shape index (κ2) is 26.4. The second-order valence-corrected chi connectivity index (χ2v) is 34.3. The maximum atomic E-state index is 13.3. The Morgan fingerprint density at radius 2 is 0.796 bits per heavy atom. The van der Waals surface area contributed by atoms with Crippen molar-refractivity contribution in [2.45, 2.75) is 256 Å². The molecule has 0 spiro atoms. The largest absolute Gasteiger partial charge is 0.508 e. The number of ether oxygens (including phenoxy) is 4. The number of rotatable bonds is 4. The molecule has 10 fully saturated rings. The van der Waals surface area contributed by atoms with E-state index in [1.807, 2.05) is 38.1 Å². The number of phenols is 3. The predicted octanol–water partition coefficient (Wildman–Crippen LogP) is 16.2. The number of phenolic OH excluding ortho intramolecular Hbond substituents is 3. The fourth-order valence-corrected chi connectivity index (χ4v) is 24.4. The summed E-state index contributed by atoms with van der Waals surface area (Å²) in [6.45, 7) is 14.7. The summed E-state index contributed by atoms with van der Waals surface area (Å²) in [6.07, 6.45) is 23.6. The van der Waals surface area contributed by atoms with Crippen molar-refractivity contribution >= 4 is 23.1 Å². The number of hydrogen-bond acceptors (Lipinski definition) is 14. The van der Waals surface area contributed by atoms with Crippen LogP contribution in [0.25, 0.3) is 0 Å². The van der Waals surface area contributed by atoms with Gasteiger partial charge in [-0.05, 0) is 298 Å². The Morgan fingerprint density at radius 1 is 0.408 bits per heavy atom. The number of aromatic hydroxyl groups is 3. The molecule has 6 N–H and O–H groups in total. The van der Waals surface area contributed by atoms with Gasteiger partial charge in [0.2, 0.25) is 0 Å². The van der Waals surface area contributed by atoms with Crippen molar-refractivity contribution < 1.29 is 68.8 Å². The lowest BCUT2D eigenvalue weighted by Gasteiger charge is -2.51. The summed E-state index contributed by atoms with van der Waals surface area (Å²) in [6, 6.07) is 22.1. The molecule has 2 saturated heterocycles. The van der Waals surface area contributed by atoms with Crippen LogP contribution < -0.4 is 4.74 Å². The Bertz CT molecular complexity index is 3590. The molecular weight excluding hydrogens is 1230 g/mol. The fraction of sp³-hybridized carbons (Fsp3) is 0.667. The van der Waals surface area contributed by atoms with Crippen LogP contribution in [0.4, 0.5) is 0 Å². The van der Waals surface area contributed by atoms with Gasteiger partial charge in [-0.15, -0.1) is 0 Å². The van der Waals surface area contributed by atoms with Gasteiger partial charge in [-0.25, -0.2) is 0 Å². The minimum absolute atomic E-state index is 0.00410. The highest BCUT2D eigenvalue weighted by Crippen LogP contribution is 2.66. The minimum Gasteiger partial charge on any atom is -0.508 e. The first-order valence-corrected chi connectivity index (χ1v) is 38.4. The van der Waals surface area contributed by atoms with Crippen LogP contribution in [0.3, 0.4) is 0 Å². The van der Waals surface area contributed by atoms with E-state index in [1.165, 1.54) is 12.0 Å². The quantitative estimate of drug-likeness (QED) is 0.112. The van der Waals surface area contributed by atoms with E-state index in [0.29, 0.717) is 83.9 Å². The van der Waals surface area contributed by atoms with Gasteiger partial charge < -0.3 is 49.6 Å². The first-order valence-electron chi connectivity index (χ1n) is 38.4. The zero-order chi connectivity index (χ0) is 68.5. The van der Waals surface area contributed by atoms with E-state index in [0.717, 1.165) is 193 Å². The van der Waals surface area contributed by atoms with Crippen molar-refractivity contribution in [1.29, 1.82) is 0 Å². The normalized spacial score (nSPS) is 42.0. The van der Waals surface area contributed by atoms with Crippen LogP contribution in [0.5, 0.6) is 23.0 Å². The molecule has 4 aromatic carbocycles. The molecule has 14 aliphatic rings. The van der Waals surface area contributed by atoms with Crippen LogP contribution in [-0.4, -0.2) is 104 Å². The van der Waals surface area contributed by atoms with E-state index in [1.54, 1.807) is 36.4 Å². The van der Waals surface area contributed by atoms with Gasteiger partial charge in [0.15, 0.2) is 35.7 Å². The molecule has 18 rings (SSSR count). The van der Waals surface area contributed by atoms with Gasteiger partial charge in [0, 0.05) is 60.0 Å². The molecule has 2 aliphatic heterocycles. The van der Waals surface area contributed by atoms with E-state index in [4.69, 9.17) is 18.9 Å². The molecule has 14 heteroatoms. The van der Waals surface area contributed by atoms with Gasteiger partial charge in [0.05, 0.1) is 31.0 Å². The molecule has 24 atom stereocenters. The molecule has 528 valence electrons. The number of aliphatic hydroxyl groups is 3. The summed E-state index contributed by atoms with van der Waals surface area (Å²) in [5, 5.41) is 60.3. The number of aliphatic hydroxyl groups excluding tert-OH is 3. The molecule has 14 nitrogen and oxygen atoms in total. The van der Waals surface area contributed by atoms with Crippen LogP contribution in [0.15, 0.2) is 72.8 Å². The molecule has 18 unspecified atom stereocenters. The number of ketones is 4. The fourth-order valence-electron chi connectivity index (χ4n) is 24.4. The average molecular weight is 1340 g/mol. The highest BCUT2D eigenvalue weighted by Gasteiger charge is 2.61. The third-order valence-electron chi connectivity index (χ3n) is 29.9. The summed E-state index contributed by atoms with van der Waals surface area (Å²) < 4.78 is 24.3. The van der Waals surface area contributed by atoms with Gasteiger partial charge in [-0.1, -0.05) is 65.8 Å². The Labute approximate surface area is 579 Å². The summed E-state index contributed by atoms with van der Waals surface area (Å²) in [7, 11) is 0. The Kier molecular flexibility index (Phi) is 18.4. The molecule has 0 bridgehead atoms. The number of fused-ring (bicyclic) bond motifs is 20. The lowest BCUT2D eigenvalue weighted by atomic mass is 9.52. The van der Waals surface area contributed by atoms with Crippen molar-refractivity contribution in [2.24, 2.45) is 80.8 Å². The Morgan fingerprint density at radius 3 is 1.28 bits per heavy atom. The molecule has 0 radical (unpaired) electrons. The van der Waals surface area contributed by atoms with Crippen LogP contribution in [0.2, 0.25) is 0 Å². The van der Waals surface area contributed by atoms with E-state index in [2.05, 4.69) is 39.8 Å². The maximum absolute atomic E-state index is 13.3. The third kappa shape index (κ3) is 11.6. The highest BCUT2D eigenvalue weighted by atomic mass is 16.7. The van der Waals surface area contributed by atoms with Gasteiger partial charge in [-0.3, -0.25) is 19.2 Å². The number of carbonyl (C=O) groups excluding carboxylic acids is 4. The van der Waals surface area contributed by atoms with Crippen molar-refractivity contribution in [2.75, 3.05) is 13.2 Å². The lowest BCUT2D eigenvalue weighted by molar-refractivity contribution is -0.212. The average Bonchev–Trinajstić information content (AvgIpc) is 1.41. The van der Waals surface area contributed by atoms with Gasteiger partial charge in [-0.2, -0.15) is 0 Å². The highest BCUT2D eigenvalue weighted by molar-refractivity contribution is 6.02. The molecule has 2 heterocycles. The molecule has 12 aliphatic carbocycles. The third-order valence-corrected chi connectivity index (χ3v) is 29.9. The van der Waals surface area contributed by atoms with E-state index in [9.17, 15) is 49.8 Å². The van der Waals surface area contributed by atoms with Crippen LogP contribution in [0, 0.1) is 80.8 Å². The number of Topliss-reactive ketones (excluding diaryl/α,β-unsaturated/α-hetero) is 4. The predicted molar refractivity (Wildman–Crippen MR) is 372 cm³/mol. The smallest absolute Gasteiger partial charge is 0.199 e. The number of hydrogen-bond donors (Lipinski definition) is 6. The number of benzene rings is 4. The van der Waals surface area contributed by atoms with Crippen LogP contribution in [-0.2, 0) is 14.2 Å². The Hall–Kier alpha value is -5.48. The molecular formula is C84H108O14. The van der Waals surface area contributed by atoms with E-state index >= 15 is 0 Å². The molecule has 4 aromatic rings. The molecule has 0 aromatic heterocycles. The summed E-state index contributed by atoms with van der Waals surface area (Å²) in [5.74, 6) is 7.05. The van der Waals surface area contributed by atoms with Crippen molar-refractivity contribution in [3.63, 3.8) is 0 Å². The zero-order valence-corrected chi connectivity index (χ0v) is 58.8. The number of carbonyl (C=O) groups is 4. The molecule has 0 amide bonds. The summed E-state index contributed by atoms with van der Waals surface area (Å²) in [5.41, 5.74) is 7.75. The van der Waals surface area contributed by atoms with Crippen LogP contribution in [0.1, 0.15) is 283 Å². The summed E-state index contributed by atoms with van der Waals surface area (Å²) in [4.78, 5) is 51.5. The lowest BCUT2D eigenvalue weighted by Crippen LogP contribution is -2.48. The van der Waals surface area contributed by atoms with Crippen LogP contribution >= 0.6 is 0 Å². The van der Waals surface area contributed by atoms with Crippen molar-refractivity contribution in [1.82, 2.24) is 0 Å². The minimum atomic E-state index is -0.220. The SMILES string of the molecule is CC12CCC3c4ccc(O)cc4C(=O)CC3C1CC[C@@H]2O.CC12CCC3c4ccc(OC5CCCCO5)cc4C(=O)CC3C1CC[C@@H]2OC1CCCCO1.C[C@@H]1C(=O)c2cc(O)ccc2C2CCC3(C)C(CC[C@@H]3O)C21.C[C@@H]1C(=O)c2cc(O)ccc2C2CCC3(C)C(CC[C@@H]3O)C21. The second-order valence-electron chi connectivity index (χ2n) is 34.3. The first kappa shape index (κ1) is 68.3. The van der Waals surface area contributed by atoms with E-state index in [-0.39, 0.29) is 111 Å². The van der Waals surface area contributed by atoms with Gasteiger partial charge in [0.25, 0.3) is 0 Å². The molecule has 8 saturated carbocycles. The zero-order valence-electron chi connectivity index (χ0n) is 58.8. The molecule has 98 heavy (non-hydrogen) atoms. The van der Waals surface area contributed by atoms with Gasteiger partial charge >= 0.3 is 0 Å². The summed E-state index contributed by atoms with van der Waals surface area (Å²) >= 11 is 0. The monoisotopic (exact) mass is 1340 g/mol. The maximum Gasteiger partial charge on any atom is 0.199 e. The van der Waals surface area contributed by atoms with E-state index < -0.39 is 0 Å². The van der Waals surface area contributed by atoms with Crippen molar-refractivity contribution in [3.05, 3.63) is 117 Å². The van der Waals surface area contributed by atoms with Crippen molar-refractivity contribution in [3.8, 4) is 23.0 Å². The first-order chi connectivity index (χ1) is 47.0.